The summed E-state index contributed by atoms with van der Waals surface area (Å²) in [7, 11) is -2.01. The van der Waals surface area contributed by atoms with Crippen molar-refractivity contribution in [1.29, 1.82) is 0 Å². The van der Waals surface area contributed by atoms with Gasteiger partial charge in [0.1, 0.15) is 23.8 Å². The Morgan fingerprint density at radius 1 is 1.13 bits per heavy atom. The summed E-state index contributed by atoms with van der Waals surface area (Å²) in [6.07, 6.45) is -2.92. The fraction of sp³-hybridized carbons (Fsp3) is 0.269. The van der Waals surface area contributed by atoms with E-state index in [2.05, 4.69) is 10.3 Å². The lowest BCUT2D eigenvalue weighted by atomic mass is 9.72. The standard InChI is InChI=1S/C26H22F3N3O5S/c1-38(36)23-30-21-19(22(33)32(23)14-26(27,28)29)18(15-6-3-2-4-7-15)20(37-21)16-8-10-17(11-9-16)25(12-5-13-25)31-24(34)35/h2-4,6-11,31H,5,12-14H2,1H3,(H,34,35)/p-1. The van der Waals surface area contributed by atoms with E-state index in [1.165, 1.54) is 0 Å². The van der Waals surface area contributed by atoms with Crippen molar-refractivity contribution in [2.24, 2.45) is 0 Å². The number of hydrogen-bond acceptors (Lipinski definition) is 6. The number of nitrogens with zero attached hydrogens (tertiary/aromatic N) is 2. The molecule has 1 atom stereocenters. The molecule has 1 saturated carbocycles. The number of amides is 1. The van der Waals surface area contributed by atoms with Gasteiger partial charge in [0.2, 0.25) is 10.9 Å². The van der Waals surface area contributed by atoms with E-state index >= 15 is 0 Å². The van der Waals surface area contributed by atoms with Crippen molar-refractivity contribution in [2.75, 3.05) is 6.26 Å². The Hall–Kier alpha value is -3.93. The normalized spacial score (nSPS) is 15.7. The second-order valence-electron chi connectivity index (χ2n) is 9.13. The molecule has 1 unspecified atom stereocenters. The van der Waals surface area contributed by atoms with Crippen LogP contribution in [0.1, 0.15) is 24.8 Å². The molecule has 0 radical (unpaired) electrons. The topological polar surface area (TPSA) is 117 Å². The summed E-state index contributed by atoms with van der Waals surface area (Å²) in [5, 5.41) is 13.0. The number of carboxylic acid groups (broad SMARTS) is 1. The Morgan fingerprint density at radius 2 is 1.79 bits per heavy atom. The first-order valence-corrected chi connectivity index (χ1v) is 13.2. The van der Waals surface area contributed by atoms with E-state index in [9.17, 15) is 32.1 Å². The third-order valence-corrected chi connectivity index (χ3v) is 7.51. The molecule has 1 amide bonds. The minimum Gasteiger partial charge on any atom is -0.530 e. The van der Waals surface area contributed by atoms with E-state index in [4.69, 9.17) is 4.42 Å². The molecule has 38 heavy (non-hydrogen) atoms. The average molecular weight is 545 g/mol. The Bertz CT molecular complexity index is 1610. The van der Waals surface area contributed by atoms with Gasteiger partial charge in [0.05, 0.1) is 16.3 Å². The third-order valence-electron chi connectivity index (χ3n) is 6.68. The molecule has 0 bridgehead atoms. The first-order chi connectivity index (χ1) is 18.0. The van der Waals surface area contributed by atoms with Crippen LogP contribution in [0.4, 0.5) is 18.0 Å². The van der Waals surface area contributed by atoms with Gasteiger partial charge in [-0.2, -0.15) is 18.2 Å². The zero-order valence-electron chi connectivity index (χ0n) is 20.0. The van der Waals surface area contributed by atoms with Crippen molar-refractivity contribution in [3.8, 4) is 22.5 Å². The molecule has 1 N–H and O–H groups in total. The summed E-state index contributed by atoms with van der Waals surface area (Å²) >= 11 is 0. The first-order valence-electron chi connectivity index (χ1n) is 11.6. The van der Waals surface area contributed by atoms with Crippen molar-refractivity contribution < 1.29 is 31.7 Å². The van der Waals surface area contributed by atoms with Crippen LogP contribution in [-0.2, 0) is 22.9 Å². The summed E-state index contributed by atoms with van der Waals surface area (Å²) in [5.41, 5.74) is -0.0118. The quantitative estimate of drug-likeness (QED) is 0.368. The Kier molecular flexibility index (Phi) is 6.38. The number of carbonyl (C=O) groups excluding carboxylic acids is 1. The van der Waals surface area contributed by atoms with Gasteiger partial charge in [-0.1, -0.05) is 54.6 Å². The predicted molar refractivity (Wildman–Crippen MR) is 132 cm³/mol. The zero-order valence-corrected chi connectivity index (χ0v) is 20.8. The maximum absolute atomic E-state index is 13.5. The smallest absolute Gasteiger partial charge is 0.406 e. The molecule has 2 aromatic carbocycles. The van der Waals surface area contributed by atoms with E-state index in [0.717, 1.165) is 18.2 Å². The highest BCUT2D eigenvalue weighted by Crippen LogP contribution is 2.43. The van der Waals surface area contributed by atoms with Crippen LogP contribution in [0.25, 0.3) is 33.6 Å². The highest BCUT2D eigenvalue weighted by Gasteiger charge is 2.39. The number of halogens is 3. The van der Waals surface area contributed by atoms with Gasteiger partial charge < -0.3 is 19.6 Å². The fourth-order valence-electron chi connectivity index (χ4n) is 4.84. The highest BCUT2D eigenvalue weighted by molar-refractivity contribution is 7.84. The van der Waals surface area contributed by atoms with Crippen molar-refractivity contribution >= 4 is 28.0 Å². The molecule has 1 fully saturated rings. The Morgan fingerprint density at radius 3 is 2.32 bits per heavy atom. The highest BCUT2D eigenvalue weighted by atomic mass is 32.2. The van der Waals surface area contributed by atoms with Crippen molar-refractivity contribution in [2.45, 2.75) is 42.7 Å². The molecule has 1 aliphatic carbocycles. The van der Waals surface area contributed by atoms with Crippen LogP contribution in [0.3, 0.4) is 0 Å². The third kappa shape index (κ3) is 4.60. The van der Waals surface area contributed by atoms with E-state index in [0.29, 0.717) is 28.5 Å². The Balaban J connectivity index is 1.73. The molecular formula is C26H21F3N3O5S-. The zero-order chi connectivity index (χ0) is 27.2. The monoisotopic (exact) mass is 544 g/mol. The molecule has 8 nitrogen and oxygen atoms in total. The molecule has 1 aliphatic rings. The average Bonchev–Trinajstić information content (AvgIpc) is 3.22. The van der Waals surface area contributed by atoms with Crippen LogP contribution in [0, 0.1) is 0 Å². The molecule has 12 heteroatoms. The molecule has 2 heterocycles. The minimum atomic E-state index is -4.75. The molecule has 2 aromatic heterocycles. The molecular weight excluding hydrogens is 523 g/mol. The number of carbonyl (C=O) groups is 1. The SMILES string of the molecule is CS(=O)c1nc2oc(-c3ccc(C4(NC(=O)[O-])CCC4)cc3)c(-c3ccccc3)c2c(=O)n1CC(F)(F)F. The van der Waals surface area contributed by atoms with Gasteiger partial charge in [-0.05, 0) is 30.4 Å². The van der Waals surface area contributed by atoms with Crippen molar-refractivity contribution in [3.05, 3.63) is 70.5 Å². The van der Waals surface area contributed by atoms with Crippen molar-refractivity contribution in [1.82, 2.24) is 14.9 Å². The largest absolute Gasteiger partial charge is 0.530 e. The summed E-state index contributed by atoms with van der Waals surface area (Å²) in [6.45, 7) is -1.65. The number of hydrogen-bond donors (Lipinski definition) is 1. The van der Waals surface area contributed by atoms with E-state index in [1.54, 1.807) is 54.6 Å². The van der Waals surface area contributed by atoms with Gasteiger partial charge in [0.15, 0.2) is 0 Å². The lowest BCUT2D eigenvalue weighted by Crippen LogP contribution is -2.54. The number of benzene rings is 2. The van der Waals surface area contributed by atoms with Crippen LogP contribution < -0.4 is 16.0 Å². The lowest BCUT2D eigenvalue weighted by molar-refractivity contribution is -0.254. The van der Waals surface area contributed by atoms with Crippen LogP contribution in [0.5, 0.6) is 0 Å². The number of rotatable bonds is 6. The van der Waals surface area contributed by atoms with Gasteiger partial charge in [0, 0.05) is 17.4 Å². The van der Waals surface area contributed by atoms with Crippen LogP contribution >= 0.6 is 0 Å². The molecule has 0 spiro atoms. The van der Waals surface area contributed by atoms with Crippen LogP contribution in [0.15, 0.2) is 69.0 Å². The predicted octanol–water partition coefficient (Wildman–Crippen LogP) is 3.94. The summed E-state index contributed by atoms with van der Waals surface area (Å²) < 4.78 is 58.6. The first kappa shape index (κ1) is 25.7. The Labute approximate surface area is 216 Å². The second-order valence-corrected chi connectivity index (χ2v) is 10.4. The van der Waals surface area contributed by atoms with Gasteiger partial charge in [-0.25, -0.2) is 0 Å². The molecule has 4 aromatic rings. The van der Waals surface area contributed by atoms with E-state index in [-0.39, 0.29) is 22.4 Å². The maximum atomic E-state index is 13.5. The summed E-state index contributed by atoms with van der Waals surface area (Å²) in [6, 6.07) is 15.4. The minimum absolute atomic E-state index is 0.164. The lowest BCUT2D eigenvalue weighted by Gasteiger charge is -2.44. The number of aromatic nitrogens is 2. The number of fused-ring (bicyclic) bond motifs is 1. The van der Waals surface area contributed by atoms with Gasteiger partial charge in [-0.3, -0.25) is 13.6 Å². The summed E-state index contributed by atoms with van der Waals surface area (Å²) in [5.74, 6) is 0.190. The number of alkyl halides is 3. The van der Waals surface area contributed by atoms with Crippen LogP contribution in [-0.4, -0.2) is 32.3 Å². The summed E-state index contributed by atoms with van der Waals surface area (Å²) in [4.78, 5) is 28.8. The number of furan rings is 1. The number of nitrogens with one attached hydrogen (secondary N) is 1. The molecule has 0 aliphatic heterocycles. The van der Waals surface area contributed by atoms with E-state index in [1.807, 2.05) is 0 Å². The van der Waals surface area contributed by atoms with Gasteiger partial charge in [0.25, 0.3) is 5.56 Å². The second kappa shape index (κ2) is 9.43. The molecule has 5 rings (SSSR count). The molecule has 198 valence electrons. The van der Waals surface area contributed by atoms with Crippen molar-refractivity contribution in [3.63, 3.8) is 0 Å². The molecule has 0 saturated heterocycles. The maximum Gasteiger partial charge on any atom is 0.406 e. The fourth-order valence-corrected chi connectivity index (χ4v) is 5.51. The van der Waals surface area contributed by atoms with Gasteiger partial charge in [-0.15, -0.1) is 0 Å². The van der Waals surface area contributed by atoms with Gasteiger partial charge >= 0.3 is 6.18 Å². The van der Waals surface area contributed by atoms with E-state index < -0.39 is 45.9 Å². The van der Waals surface area contributed by atoms with Crippen LogP contribution in [0.2, 0.25) is 0 Å².